The molecule has 0 fully saturated rings. The van der Waals surface area contributed by atoms with Gasteiger partial charge in [0.1, 0.15) is 19.3 Å². The standard InChI is InChI=1S/C43H53N3O7/c1-6-8-23-37(45-42(51)53-27-36-34-21-14-12-19-32(34)33-20-13-15-22-35(33)36)41(50)52-28-38(43(3,4)5)46-40(49)30(16-7-2)25-39(48)44-31(26-47)24-29-17-10-9-11-18-29/h6-7,9-15,17-22,30-31,36-38,47H,1-2,8,16,23-28H2,3-5H3,(H,44,48)(H,45,51)(H,46,49). The molecule has 0 radical (unpaired) electrons. The number of nitrogens with one attached hydrogen (secondary N) is 3. The Labute approximate surface area is 313 Å². The van der Waals surface area contributed by atoms with E-state index in [1.807, 2.05) is 87.5 Å². The molecule has 4 rings (SSSR count). The molecule has 0 saturated heterocycles. The zero-order chi connectivity index (χ0) is 38.4. The van der Waals surface area contributed by atoms with Crippen LogP contribution in [0.25, 0.3) is 11.1 Å². The van der Waals surface area contributed by atoms with Crippen molar-refractivity contribution in [3.8, 4) is 11.1 Å². The Bertz CT molecular complexity index is 1670. The topological polar surface area (TPSA) is 143 Å². The minimum absolute atomic E-state index is 0.0960. The van der Waals surface area contributed by atoms with Gasteiger partial charge in [-0.05, 0) is 58.9 Å². The summed E-state index contributed by atoms with van der Waals surface area (Å²) in [4.78, 5) is 53.0. The quantitative estimate of drug-likeness (QED) is 0.0848. The summed E-state index contributed by atoms with van der Waals surface area (Å²) < 4.78 is 11.4. The lowest BCUT2D eigenvalue weighted by atomic mass is 9.86. The van der Waals surface area contributed by atoms with Crippen LogP contribution in [-0.2, 0) is 30.3 Å². The summed E-state index contributed by atoms with van der Waals surface area (Å²) in [6, 6.07) is 23.5. The summed E-state index contributed by atoms with van der Waals surface area (Å²) >= 11 is 0. The van der Waals surface area contributed by atoms with Gasteiger partial charge < -0.3 is 30.5 Å². The van der Waals surface area contributed by atoms with Crippen molar-refractivity contribution in [2.45, 2.75) is 76.9 Å². The number of amides is 3. The maximum absolute atomic E-state index is 13.6. The first-order valence-corrected chi connectivity index (χ1v) is 18.2. The lowest BCUT2D eigenvalue weighted by Gasteiger charge is -2.32. The molecule has 3 aromatic carbocycles. The number of allylic oxidation sites excluding steroid dienone is 2. The van der Waals surface area contributed by atoms with Gasteiger partial charge in [-0.2, -0.15) is 0 Å². The van der Waals surface area contributed by atoms with Crippen molar-refractivity contribution in [3.63, 3.8) is 0 Å². The van der Waals surface area contributed by atoms with Gasteiger partial charge in [-0.15, -0.1) is 13.2 Å². The Hall–Kier alpha value is -5.22. The normalized spacial score (nSPS) is 14.3. The molecule has 0 saturated carbocycles. The molecular weight excluding hydrogens is 670 g/mol. The number of hydrogen-bond acceptors (Lipinski definition) is 7. The average Bonchev–Trinajstić information content (AvgIpc) is 3.46. The molecule has 0 aliphatic heterocycles. The summed E-state index contributed by atoms with van der Waals surface area (Å²) in [7, 11) is 0. The Kier molecular flexibility index (Phi) is 15.0. The van der Waals surface area contributed by atoms with Crippen LogP contribution in [0.15, 0.2) is 104 Å². The number of fused-ring (bicyclic) bond motifs is 3. The predicted molar refractivity (Wildman–Crippen MR) is 206 cm³/mol. The maximum Gasteiger partial charge on any atom is 0.407 e. The van der Waals surface area contributed by atoms with E-state index < -0.39 is 41.5 Å². The lowest BCUT2D eigenvalue weighted by Crippen LogP contribution is -2.51. The highest BCUT2D eigenvalue weighted by atomic mass is 16.6. The molecule has 0 spiro atoms. The van der Waals surface area contributed by atoms with Crippen LogP contribution in [0.1, 0.15) is 69.1 Å². The summed E-state index contributed by atoms with van der Waals surface area (Å²) in [6.45, 7) is 12.9. The van der Waals surface area contributed by atoms with Crippen LogP contribution in [0.4, 0.5) is 4.79 Å². The third-order valence-corrected chi connectivity index (χ3v) is 9.50. The molecular formula is C43H53N3O7. The number of benzene rings is 3. The number of rotatable bonds is 19. The van der Waals surface area contributed by atoms with Crippen molar-refractivity contribution in [1.29, 1.82) is 0 Å². The Morgan fingerprint density at radius 1 is 0.830 bits per heavy atom. The Balaban J connectivity index is 1.34. The molecule has 4 atom stereocenters. The molecule has 1 aliphatic rings. The van der Waals surface area contributed by atoms with Gasteiger partial charge in [0.2, 0.25) is 11.8 Å². The number of hydrogen-bond donors (Lipinski definition) is 4. The molecule has 3 aromatic rings. The molecule has 53 heavy (non-hydrogen) atoms. The number of aliphatic hydroxyl groups is 1. The van der Waals surface area contributed by atoms with Crippen LogP contribution in [0.5, 0.6) is 0 Å². The number of alkyl carbamates (subject to hydrolysis) is 1. The second kappa shape index (κ2) is 19.6. The summed E-state index contributed by atoms with van der Waals surface area (Å²) in [5.74, 6) is -2.30. The number of aliphatic hydroxyl groups excluding tert-OH is 1. The van der Waals surface area contributed by atoms with Crippen molar-refractivity contribution in [3.05, 3.63) is 121 Å². The summed E-state index contributed by atoms with van der Waals surface area (Å²) in [6.07, 6.45) is 3.75. The monoisotopic (exact) mass is 723 g/mol. The molecule has 10 heteroatoms. The molecule has 4 unspecified atom stereocenters. The lowest BCUT2D eigenvalue weighted by molar-refractivity contribution is -0.148. The molecule has 4 N–H and O–H groups in total. The highest BCUT2D eigenvalue weighted by Crippen LogP contribution is 2.44. The van der Waals surface area contributed by atoms with E-state index >= 15 is 0 Å². The van der Waals surface area contributed by atoms with Crippen molar-refractivity contribution in [2.75, 3.05) is 19.8 Å². The van der Waals surface area contributed by atoms with Gasteiger partial charge in [-0.1, -0.05) is 112 Å². The molecule has 0 heterocycles. The first-order chi connectivity index (χ1) is 25.4. The zero-order valence-corrected chi connectivity index (χ0v) is 31.0. The SMILES string of the molecule is C=CCCC(NC(=O)OCC1c2ccccc2-c2ccccc21)C(=O)OCC(NC(=O)C(CC=C)CC(=O)NC(CO)Cc1ccccc1)C(C)(C)C. The van der Waals surface area contributed by atoms with E-state index in [9.17, 15) is 24.3 Å². The van der Waals surface area contributed by atoms with Gasteiger partial charge in [0, 0.05) is 12.3 Å². The molecule has 10 nitrogen and oxygen atoms in total. The summed E-state index contributed by atoms with van der Waals surface area (Å²) in [5.41, 5.74) is 4.80. The van der Waals surface area contributed by atoms with Crippen LogP contribution in [-0.4, -0.2) is 66.9 Å². The molecule has 0 bridgehead atoms. The predicted octanol–water partition coefficient (Wildman–Crippen LogP) is 6.24. The fourth-order valence-corrected chi connectivity index (χ4v) is 6.43. The van der Waals surface area contributed by atoms with Gasteiger partial charge in [-0.3, -0.25) is 9.59 Å². The second-order valence-electron chi connectivity index (χ2n) is 14.5. The van der Waals surface area contributed by atoms with Gasteiger partial charge in [0.05, 0.1) is 24.6 Å². The van der Waals surface area contributed by atoms with Crippen LogP contribution >= 0.6 is 0 Å². The minimum Gasteiger partial charge on any atom is -0.462 e. The van der Waals surface area contributed by atoms with Crippen molar-refractivity contribution < 1.29 is 33.8 Å². The maximum atomic E-state index is 13.6. The molecule has 3 amide bonds. The van der Waals surface area contributed by atoms with Crippen molar-refractivity contribution in [1.82, 2.24) is 16.0 Å². The number of ether oxygens (including phenoxy) is 2. The zero-order valence-electron chi connectivity index (χ0n) is 31.0. The number of carbonyl (C=O) groups excluding carboxylic acids is 4. The second-order valence-corrected chi connectivity index (χ2v) is 14.5. The summed E-state index contributed by atoms with van der Waals surface area (Å²) in [5, 5.41) is 18.4. The van der Waals surface area contributed by atoms with Crippen molar-refractivity contribution in [2.24, 2.45) is 11.3 Å². The van der Waals surface area contributed by atoms with Crippen molar-refractivity contribution >= 4 is 23.9 Å². The average molecular weight is 724 g/mol. The fourth-order valence-electron chi connectivity index (χ4n) is 6.43. The van der Waals surface area contributed by atoms with Crippen LogP contribution in [0, 0.1) is 11.3 Å². The van der Waals surface area contributed by atoms with Crippen LogP contribution < -0.4 is 16.0 Å². The Morgan fingerprint density at radius 2 is 1.45 bits per heavy atom. The van der Waals surface area contributed by atoms with Gasteiger partial charge >= 0.3 is 12.1 Å². The third kappa shape index (κ3) is 11.6. The highest BCUT2D eigenvalue weighted by molar-refractivity contribution is 5.86. The first kappa shape index (κ1) is 40.5. The first-order valence-electron chi connectivity index (χ1n) is 18.2. The van der Waals surface area contributed by atoms with Gasteiger partial charge in [0.15, 0.2) is 0 Å². The highest BCUT2D eigenvalue weighted by Gasteiger charge is 2.33. The van der Waals surface area contributed by atoms with E-state index in [0.29, 0.717) is 12.8 Å². The third-order valence-electron chi connectivity index (χ3n) is 9.50. The van der Waals surface area contributed by atoms with E-state index in [2.05, 4.69) is 41.2 Å². The van der Waals surface area contributed by atoms with Gasteiger partial charge in [-0.25, -0.2) is 9.59 Å². The van der Waals surface area contributed by atoms with Gasteiger partial charge in [0.25, 0.3) is 0 Å². The van der Waals surface area contributed by atoms with Crippen LogP contribution in [0.2, 0.25) is 0 Å². The largest absolute Gasteiger partial charge is 0.462 e. The fraction of sp³-hybridized carbons (Fsp3) is 0.395. The number of carbonyl (C=O) groups is 4. The molecule has 282 valence electrons. The van der Waals surface area contributed by atoms with E-state index in [4.69, 9.17) is 9.47 Å². The smallest absolute Gasteiger partial charge is 0.407 e. The minimum atomic E-state index is -1.01. The Morgan fingerprint density at radius 3 is 2.04 bits per heavy atom. The molecule has 1 aliphatic carbocycles. The van der Waals surface area contributed by atoms with Crippen LogP contribution in [0.3, 0.4) is 0 Å². The van der Waals surface area contributed by atoms with E-state index in [0.717, 1.165) is 27.8 Å². The number of esters is 1. The van der Waals surface area contributed by atoms with E-state index in [1.165, 1.54) is 0 Å². The molecule has 0 aromatic heterocycles. The van der Waals surface area contributed by atoms with E-state index in [-0.39, 0.29) is 56.8 Å². The van der Waals surface area contributed by atoms with E-state index in [1.54, 1.807) is 12.2 Å².